The van der Waals surface area contributed by atoms with E-state index in [1.54, 1.807) is 6.26 Å². The first-order chi connectivity index (χ1) is 9.57. The minimum atomic E-state index is -0.536. The maximum Gasteiger partial charge on any atom is 0.226 e. The first-order valence-corrected chi connectivity index (χ1v) is 7.01. The van der Waals surface area contributed by atoms with E-state index in [0.29, 0.717) is 19.0 Å². The van der Waals surface area contributed by atoms with Crippen LogP contribution in [0.4, 0.5) is 0 Å². The monoisotopic (exact) mass is 272 g/mol. The molecule has 1 aromatic carbocycles. The third-order valence-electron chi connectivity index (χ3n) is 4.03. The second-order valence-corrected chi connectivity index (χ2v) is 5.91. The van der Waals surface area contributed by atoms with E-state index in [-0.39, 0.29) is 5.92 Å². The van der Waals surface area contributed by atoms with Crippen LogP contribution in [0.3, 0.4) is 0 Å². The van der Waals surface area contributed by atoms with Crippen molar-refractivity contribution < 1.29 is 9.52 Å². The summed E-state index contributed by atoms with van der Waals surface area (Å²) in [6.07, 6.45) is 1.70. The molecule has 1 saturated heterocycles. The van der Waals surface area contributed by atoms with E-state index in [0.717, 1.165) is 17.8 Å². The lowest BCUT2D eigenvalue weighted by Gasteiger charge is -2.48. The van der Waals surface area contributed by atoms with E-state index in [2.05, 4.69) is 23.7 Å². The van der Waals surface area contributed by atoms with Crippen LogP contribution in [0.1, 0.15) is 19.5 Å². The van der Waals surface area contributed by atoms with Crippen molar-refractivity contribution in [1.82, 2.24) is 9.88 Å². The zero-order valence-electron chi connectivity index (χ0n) is 11.9. The van der Waals surface area contributed by atoms with Gasteiger partial charge in [0, 0.05) is 25.2 Å². The normalized spacial score (nSPS) is 18.2. The molecule has 1 N–H and O–H groups in total. The third-order valence-corrected chi connectivity index (χ3v) is 4.03. The van der Waals surface area contributed by atoms with Gasteiger partial charge in [-0.15, -0.1) is 0 Å². The van der Waals surface area contributed by atoms with Crippen molar-refractivity contribution >= 4 is 0 Å². The second-order valence-electron chi connectivity index (χ2n) is 5.91. The maximum atomic E-state index is 10.2. The quantitative estimate of drug-likeness (QED) is 0.929. The second kappa shape index (κ2) is 5.04. The average Bonchev–Trinajstić information content (AvgIpc) is 2.86. The SMILES string of the molecule is CC(C)C1(O)CN(Cc2coc(-c3ccccc3)n2)C1. The maximum absolute atomic E-state index is 10.2. The van der Waals surface area contributed by atoms with Crippen molar-refractivity contribution in [3.05, 3.63) is 42.3 Å². The van der Waals surface area contributed by atoms with E-state index >= 15 is 0 Å². The summed E-state index contributed by atoms with van der Waals surface area (Å²) >= 11 is 0. The molecule has 2 heterocycles. The number of β-amino-alcohol motifs (C(OH)–C–C–N with tert-alkyl or cyclic N) is 1. The summed E-state index contributed by atoms with van der Waals surface area (Å²) in [5.74, 6) is 0.941. The predicted molar refractivity (Wildman–Crippen MR) is 77.0 cm³/mol. The average molecular weight is 272 g/mol. The Kier molecular flexibility index (Phi) is 3.36. The standard InChI is InChI=1S/C16H20N2O2/c1-12(2)16(19)10-18(11-16)8-14-9-20-15(17-14)13-6-4-3-5-7-13/h3-7,9,12,19H,8,10-11H2,1-2H3. The Bertz CT molecular complexity index is 571. The van der Waals surface area contributed by atoms with E-state index in [9.17, 15) is 5.11 Å². The van der Waals surface area contributed by atoms with Gasteiger partial charge in [0.1, 0.15) is 6.26 Å². The lowest BCUT2D eigenvalue weighted by atomic mass is 9.83. The molecular weight excluding hydrogens is 252 g/mol. The van der Waals surface area contributed by atoms with Crippen LogP contribution in [0.15, 0.2) is 41.0 Å². The lowest BCUT2D eigenvalue weighted by Crippen LogP contribution is -2.63. The molecule has 0 unspecified atom stereocenters. The Labute approximate surface area is 119 Å². The van der Waals surface area contributed by atoms with E-state index in [1.165, 1.54) is 0 Å². The number of hydrogen-bond acceptors (Lipinski definition) is 4. The van der Waals surface area contributed by atoms with E-state index in [4.69, 9.17) is 4.42 Å². The molecule has 0 amide bonds. The molecule has 1 aliphatic rings. The van der Waals surface area contributed by atoms with Gasteiger partial charge in [0.25, 0.3) is 0 Å². The molecule has 2 aromatic rings. The highest BCUT2D eigenvalue weighted by Crippen LogP contribution is 2.30. The summed E-state index contributed by atoms with van der Waals surface area (Å²) in [5, 5.41) is 10.2. The number of oxazole rings is 1. The van der Waals surface area contributed by atoms with Crippen molar-refractivity contribution in [2.75, 3.05) is 13.1 Å². The number of nitrogens with zero attached hydrogens (tertiary/aromatic N) is 2. The molecular formula is C16H20N2O2. The Hall–Kier alpha value is -1.65. The van der Waals surface area contributed by atoms with Crippen molar-refractivity contribution in [3.63, 3.8) is 0 Å². The summed E-state index contributed by atoms with van der Waals surface area (Å²) < 4.78 is 5.52. The fraction of sp³-hybridized carbons (Fsp3) is 0.438. The highest BCUT2D eigenvalue weighted by molar-refractivity contribution is 5.52. The Morgan fingerprint density at radius 2 is 2.00 bits per heavy atom. The fourth-order valence-corrected chi connectivity index (χ4v) is 2.53. The fourth-order valence-electron chi connectivity index (χ4n) is 2.53. The van der Waals surface area contributed by atoms with Gasteiger partial charge in [-0.25, -0.2) is 4.98 Å². The molecule has 0 aliphatic carbocycles. The summed E-state index contributed by atoms with van der Waals surface area (Å²) in [4.78, 5) is 6.69. The van der Waals surface area contributed by atoms with Crippen LogP contribution < -0.4 is 0 Å². The number of aromatic nitrogens is 1. The molecule has 20 heavy (non-hydrogen) atoms. The number of rotatable bonds is 4. The first-order valence-electron chi connectivity index (χ1n) is 7.01. The summed E-state index contributed by atoms with van der Waals surface area (Å²) in [7, 11) is 0. The van der Waals surface area contributed by atoms with Crippen LogP contribution >= 0.6 is 0 Å². The van der Waals surface area contributed by atoms with Gasteiger partial charge in [-0.2, -0.15) is 0 Å². The van der Waals surface area contributed by atoms with E-state index in [1.807, 2.05) is 30.3 Å². The van der Waals surface area contributed by atoms with Gasteiger partial charge < -0.3 is 9.52 Å². The lowest BCUT2D eigenvalue weighted by molar-refractivity contribution is -0.131. The smallest absolute Gasteiger partial charge is 0.226 e. The molecule has 3 rings (SSSR count). The minimum Gasteiger partial charge on any atom is -0.444 e. The Morgan fingerprint density at radius 1 is 1.30 bits per heavy atom. The number of hydrogen-bond donors (Lipinski definition) is 1. The third kappa shape index (κ3) is 2.49. The molecule has 1 aromatic heterocycles. The molecule has 0 bridgehead atoms. The van der Waals surface area contributed by atoms with Crippen LogP contribution in [-0.4, -0.2) is 33.7 Å². The van der Waals surface area contributed by atoms with E-state index < -0.39 is 5.60 Å². The van der Waals surface area contributed by atoms with Gasteiger partial charge in [0.15, 0.2) is 0 Å². The van der Waals surface area contributed by atoms with Gasteiger partial charge in [0.2, 0.25) is 5.89 Å². The highest BCUT2D eigenvalue weighted by atomic mass is 16.3. The summed E-state index contributed by atoms with van der Waals surface area (Å²) in [6.45, 7) is 6.25. The van der Waals surface area contributed by atoms with Gasteiger partial charge in [-0.05, 0) is 18.1 Å². The molecule has 0 saturated carbocycles. The van der Waals surface area contributed by atoms with Crippen molar-refractivity contribution in [2.24, 2.45) is 5.92 Å². The zero-order chi connectivity index (χ0) is 14.2. The van der Waals surface area contributed by atoms with Crippen molar-refractivity contribution in [2.45, 2.75) is 26.0 Å². The molecule has 1 fully saturated rings. The van der Waals surface area contributed by atoms with Crippen molar-refractivity contribution in [1.29, 1.82) is 0 Å². The highest BCUT2D eigenvalue weighted by Gasteiger charge is 2.43. The van der Waals surface area contributed by atoms with Crippen LogP contribution in [0.5, 0.6) is 0 Å². The number of benzene rings is 1. The zero-order valence-corrected chi connectivity index (χ0v) is 11.9. The largest absolute Gasteiger partial charge is 0.444 e. The number of likely N-dealkylation sites (tertiary alicyclic amines) is 1. The molecule has 0 spiro atoms. The summed E-state index contributed by atoms with van der Waals surface area (Å²) in [5.41, 5.74) is 1.36. The minimum absolute atomic E-state index is 0.288. The molecule has 1 aliphatic heterocycles. The number of aliphatic hydroxyl groups is 1. The Morgan fingerprint density at radius 3 is 2.65 bits per heavy atom. The predicted octanol–water partition coefficient (Wildman–Crippen LogP) is 2.54. The van der Waals surface area contributed by atoms with Crippen LogP contribution in [0.2, 0.25) is 0 Å². The molecule has 4 nitrogen and oxygen atoms in total. The molecule has 4 heteroatoms. The van der Waals surface area contributed by atoms with Gasteiger partial charge >= 0.3 is 0 Å². The molecule has 106 valence electrons. The van der Waals surface area contributed by atoms with Crippen LogP contribution in [0, 0.1) is 5.92 Å². The van der Waals surface area contributed by atoms with Crippen LogP contribution in [0.25, 0.3) is 11.5 Å². The first kappa shape index (κ1) is 13.3. The topological polar surface area (TPSA) is 49.5 Å². The van der Waals surface area contributed by atoms with Crippen molar-refractivity contribution in [3.8, 4) is 11.5 Å². The Balaban J connectivity index is 1.62. The molecule has 0 radical (unpaired) electrons. The summed E-state index contributed by atoms with van der Waals surface area (Å²) in [6, 6.07) is 9.88. The van der Waals surface area contributed by atoms with Gasteiger partial charge in [0.05, 0.1) is 11.3 Å². The van der Waals surface area contributed by atoms with Gasteiger partial charge in [-0.1, -0.05) is 32.0 Å². The van der Waals surface area contributed by atoms with Gasteiger partial charge in [-0.3, -0.25) is 4.90 Å². The van der Waals surface area contributed by atoms with Crippen LogP contribution in [-0.2, 0) is 6.54 Å². The molecule has 0 atom stereocenters.